The van der Waals surface area contributed by atoms with E-state index in [1.54, 1.807) is 23.3 Å². The highest BCUT2D eigenvalue weighted by Crippen LogP contribution is 2.40. The van der Waals surface area contributed by atoms with Crippen LogP contribution in [0.5, 0.6) is 5.75 Å². The second-order valence-corrected chi connectivity index (χ2v) is 15.4. The van der Waals surface area contributed by atoms with Crippen molar-refractivity contribution in [3.05, 3.63) is 91.8 Å². The molecule has 7 rings (SSSR count). The first kappa shape index (κ1) is 39.5. The molecule has 57 heavy (non-hydrogen) atoms. The van der Waals surface area contributed by atoms with Crippen molar-refractivity contribution in [2.75, 3.05) is 40.0 Å². The van der Waals surface area contributed by atoms with Crippen molar-refractivity contribution in [1.82, 2.24) is 35.2 Å². The lowest BCUT2D eigenvalue weighted by Gasteiger charge is -2.27. The Morgan fingerprint density at radius 3 is 2.54 bits per heavy atom. The molecule has 2 aromatic heterocycles. The Morgan fingerprint density at radius 2 is 1.79 bits per heavy atom. The van der Waals surface area contributed by atoms with Crippen LogP contribution in [0.15, 0.2) is 47.5 Å². The van der Waals surface area contributed by atoms with E-state index in [2.05, 4.69) is 34.7 Å². The fourth-order valence-corrected chi connectivity index (χ4v) is 8.28. The van der Waals surface area contributed by atoms with Gasteiger partial charge in [-0.1, -0.05) is 29.8 Å². The molecule has 6 amide bonds. The molecule has 0 radical (unpaired) electrons. The Kier molecular flexibility index (Phi) is 11.3. The maximum atomic E-state index is 13.6. The lowest BCUT2D eigenvalue weighted by atomic mass is 9.99. The van der Waals surface area contributed by atoms with Gasteiger partial charge in [0.15, 0.2) is 12.4 Å². The average Bonchev–Trinajstić information content (AvgIpc) is 3.76. The summed E-state index contributed by atoms with van der Waals surface area (Å²) >= 11 is 7.86. The Balaban J connectivity index is 0.897. The number of aromatic nitrogens is 3. The molecule has 3 aliphatic rings. The smallest absolute Gasteiger partial charge is 0.266 e. The highest BCUT2D eigenvalue weighted by Gasteiger charge is 2.46. The third-order valence-electron chi connectivity index (χ3n) is 10.1. The van der Waals surface area contributed by atoms with E-state index in [0.717, 1.165) is 37.2 Å². The number of carbonyl (C=O) groups is 6. The lowest BCUT2D eigenvalue weighted by molar-refractivity contribution is -0.136. The van der Waals surface area contributed by atoms with Crippen LogP contribution in [0, 0.1) is 20.8 Å². The van der Waals surface area contributed by atoms with Gasteiger partial charge < -0.3 is 19.7 Å². The number of aryl methyl sites for hydroxylation is 2. The first-order chi connectivity index (χ1) is 27.3. The number of likely N-dealkylation sites (N-methyl/N-ethyl adjacent to an activating group) is 1. The number of ether oxygens (including phenoxy) is 2. The van der Waals surface area contributed by atoms with Crippen molar-refractivity contribution in [2.45, 2.75) is 52.1 Å². The van der Waals surface area contributed by atoms with Crippen LogP contribution in [0.25, 0.3) is 5.00 Å². The van der Waals surface area contributed by atoms with Gasteiger partial charge in [-0.25, -0.2) is 0 Å². The number of imide groups is 2. The normalized spacial score (nSPS) is 17.4. The molecule has 2 atom stereocenters. The predicted molar refractivity (Wildman–Crippen MR) is 208 cm³/mol. The van der Waals surface area contributed by atoms with Crippen LogP contribution in [-0.2, 0) is 23.9 Å². The summed E-state index contributed by atoms with van der Waals surface area (Å²) in [5, 5.41) is 15.2. The summed E-state index contributed by atoms with van der Waals surface area (Å²) in [7, 11) is 1.69. The van der Waals surface area contributed by atoms with Gasteiger partial charge in [-0.3, -0.25) is 48.5 Å². The molecule has 296 valence electrons. The molecule has 18 heteroatoms. The van der Waals surface area contributed by atoms with Gasteiger partial charge in [0, 0.05) is 47.6 Å². The standard InChI is InChI=1S/C39H39ClN8O8S/c1-20-21(2)57-39-32(20)34(23-8-10-24(40)11-9-23)42-26(35-45-44-22(3)47(35)39)18-31(51)46(4)15-17-55-16-14-41-30(50)19-56-28-7-5-6-25-33(28)38(54)48(37(25)53)27-12-13-29(49)43-36(27)52/h5-11,26-27H,12-19H2,1-4H3,(H,41,50)(H,43,49,52)/t26-,27?/m0/s1. The predicted octanol–water partition coefficient (Wildman–Crippen LogP) is 3.26. The van der Waals surface area contributed by atoms with Crippen LogP contribution in [0.1, 0.15) is 79.2 Å². The number of hydrogen-bond acceptors (Lipinski definition) is 12. The number of amides is 6. The molecule has 0 saturated carbocycles. The number of nitrogens with one attached hydrogen (secondary N) is 2. The first-order valence-corrected chi connectivity index (χ1v) is 19.5. The monoisotopic (exact) mass is 814 g/mol. The van der Waals surface area contributed by atoms with Crippen molar-refractivity contribution < 1.29 is 38.2 Å². The number of thiophene rings is 1. The quantitative estimate of drug-likeness (QED) is 0.150. The SMILES string of the molecule is Cc1sc2c(c1C)C(c1ccc(Cl)cc1)=N[C@@H](CC(=O)N(C)CCOCCNC(=O)COc1cccc3c1C(=O)N(C1CCC(=O)NC1=O)C3=O)c1nnc(C)n1-2. The highest BCUT2D eigenvalue weighted by molar-refractivity contribution is 7.15. The number of fused-ring (bicyclic) bond motifs is 4. The molecule has 1 unspecified atom stereocenters. The summed E-state index contributed by atoms with van der Waals surface area (Å²) in [4.78, 5) is 85.1. The molecule has 2 N–H and O–H groups in total. The third kappa shape index (κ3) is 7.82. The van der Waals surface area contributed by atoms with E-state index in [1.807, 2.05) is 35.8 Å². The van der Waals surface area contributed by atoms with Crippen LogP contribution in [0.2, 0.25) is 5.02 Å². The van der Waals surface area contributed by atoms with Gasteiger partial charge in [-0.05, 0) is 57.0 Å². The Bertz CT molecular complexity index is 2340. The van der Waals surface area contributed by atoms with Crippen molar-refractivity contribution in [1.29, 1.82) is 0 Å². The molecule has 0 aliphatic carbocycles. The number of rotatable bonds is 13. The van der Waals surface area contributed by atoms with E-state index in [9.17, 15) is 28.8 Å². The molecule has 16 nitrogen and oxygen atoms in total. The molecule has 2 aromatic carbocycles. The summed E-state index contributed by atoms with van der Waals surface area (Å²) in [5.74, 6) is -1.95. The Morgan fingerprint density at radius 1 is 1.02 bits per heavy atom. The van der Waals surface area contributed by atoms with Gasteiger partial charge >= 0.3 is 0 Å². The van der Waals surface area contributed by atoms with E-state index in [1.165, 1.54) is 18.2 Å². The molecule has 0 bridgehead atoms. The molecule has 1 saturated heterocycles. The van der Waals surface area contributed by atoms with Gasteiger partial charge in [0.25, 0.3) is 17.7 Å². The summed E-state index contributed by atoms with van der Waals surface area (Å²) in [6, 6.07) is 10.2. The van der Waals surface area contributed by atoms with Gasteiger partial charge in [0.2, 0.25) is 17.7 Å². The fraction of sp³-hybridized carbons (Fsp3) is 0.359. The van der Waals surface area contributed by atoms with Gasteiger partial charge in [0.1, 0.15) is 28.7 Å². The zero-order valence-corrected chi connectivity index (χ0v) is 33.2. The molecule has 0 spiro atoms. The minimum Gasteiger partial charge on any atom is -0.483 e. The summed E-state index contributed by atoms with van der Waals surface area (Å²) in [6.45, 7) is 6.38. The van der Waals surface area contributed by atoms with Crippen molar-refractivity contribution in [3.8, 4) is 10.8 Å². The highest BCUT2D eigenvalue weighted by atomic mass is 35.5. The molecular formula is C39H39ClN8O8S. The van der Waals surface area contributed by atoms with Crippen LogP contribution >= 0.6 is 22.9 Å². The minimum atomic E-state index is -1.12. The van der Waals surface area contributed by atoms with E-state index in [4.69, 9.17) is 26.1 Å². The van der Waals surface area contributed by atoms with Crippen LogP contribution in [-0.4, -0.2) is 112 Å². The number of hydrogen-bond donors (Lipinski definition) is 2. The molecule has 3 aliphatic heterocycles. The maximum absolute atomic E-state index is 13.6. The zero-order valence-electron chi connectivity index (χ0n) is 31.6. The average molecular weight is 815 g/mol. The van der Waals surface area contributed by atoms with E-state index in [-0.39, 0.29) is 68.3 Å². The molecule has 1 fully saturated rings. The number of halogens is 1. The number of nitrogens with zero attached hydrogens (tertiary/aromatic N) is 6. The maximum Gasteiger partial charge on any atom is 0.266 e. The minimum absolute atomic E-state index is 0.00292. The van der Waals surface area contributed by atoms with Crippen LogP contribution < -0.4 is 15.4 Å². The number of carbonyl (C=O) groups excluding carboxylic acids is 6. The number of aliphatic imine (C=N–C) groups is 1. The van der Waals surface area contributed by atoms with Gasteiger partial charge in [-0.2, -0.15) is 0 Å². The van der Waals surface area contributed by atoms with Crippen LogP contribution in [0.3, 0.4) is 0 Å². The van der Waals surface area contributed by atoms with Crippen molar-refractivity contribution >= 4 is 64.1 Å². The Labute approximate surface area is 336 Å². The number of piperidine rings is 1. The summed E-state index contributed by atoms with van der Waals surface area (Å²) in [6.07, 6.45) is 0.0671. The first-order valence-electron chi connectivity index (χ1n) is 18.3. The molecule has 5 heterocycles. The lowest BCUT2D eigenvalue weighted by Crippen LogP contribution is -2.54. The molecule has 4 aromatic rings. The van der Waals surface area contributed by atoms with E-state index in [0.29, 0.717) is 16.7 Å². The van der Waals surface area contributed by atoms with Gasteiger partial charge in [0.05, 0.1) is 36.5 Å². The van der Waals surface area contributed by atoms with E-state index < -0.39 is 48.2 Å². The second-order valence-electron chi connectivity index (χ2n) is 13.8. The van der Waals surface area contributed by atoms with E-state index >= 15 is 0 Å². The van der Waals surface area contributed by atoms with Crippen molar-refractivity contribution in [3.63, 3.8) is 0 Å². The summed E-state index contributed by atoms with van der Waals surface area (Å²) in [5.41, 5.74) is 3.72. The third-order valence-corrected chi connectivity index (χ3v) is 11.5. The Hall–Kier alpha value is -5.78. The largest absolute Gasteiger partial charge is 0.483 e. The van der Waals surface area contributed by atoms with Crippen molar-refractivity contribution in [2.24, 2.45) is 4.99 Å². The van der Waals surface area contributed by atoms with Gasteiger partial charge in [-0.15, -0.1) is 21.5 Å². The number of benzene rings is 2. The topological polar surface area (TPSA) is 194 Å². The van der Waals surface area contributed by atoms with Crippen LogP contribution in [0.4, 0.5) is 0 Å². The molecular weight excluding hydrogens is 776 g/mol. The zero-order chi connectivity index (χ0) is 40.5. The second kappa shape index (κ2) is 16.4. The fourth-order valence-electron chi connectivity index (χ4n) is 6.94. The summed E-state index contributed by atoms with van der Waals surface area (Å²) < 4.78 is 13.3.